The van der Waals surface area contributed by atoms with Gasteiger partial charge in [-0.1, -0.05) is 0 Å². The van der Waals surface area contributed by atoms with Gasteiger partial charge in [0, 0.05) is 55.5 Å². The number of ether oxygens (including phenoxy) is 1. The van der Waals surface area contributed by atoms with E-state index in [0.29, 0.717) is 17.4 Å². The van der Waals surface area contributed by atoms with Crippen LogP contribution in [0.15, 0.2) is 48.8 Å². The van der Waals surface area contributed by atoms with Crippen molar-refractivity contribution >= 4 is 17.5 Å². The Kier molecular flexibility index (Phi) is 5.63. The Bertz CT molecular complexity index is 1240. The van der Waals surface area contributed by atoms with Crippen LogP contribution in [0.5, 0.6) is 11.5 Å². The van der Waals surface area contributed by atoms with E-state index in [0.717, 1.165) is 53.8 Å². The van der Waals surface area contributed by atoms with Gasteiger partial charge in [-0.3, -0.25) is 14.3 Å². The summed E-state index contributed by atoms with van der Waals surface area (Å²) in [7, 11) is 3.47. The van der Waals surface area contributed by atoms with E-state index in [1.54, 1.807) is 38.1 Å². The maximum Gasteiger partial charge on any atom is 0.253 e. The molecule has 5 rings (SSSR count). The van der Waals surface area contributed by atoms with E-state index in [2.05, 4.69) is 18.2 Å². The summed E-state index contributed by atoms with van der Waals surface area (Å²) in [6.45, 7) is 3.69. The Balaban J connectivity index is 1.58. The predicted octanol–water partition coefficient (Wildman–Crippen LogP) is 5.07. The van der Waals surface area contributed by atoms with E-state index in [1.807, 2.05) is 40.0 Å². The number of hydrogen-bond acceptors (Lipinski definition) is 4. The molecule has 1 aliphatic carbocycles. The zero-order chi connectivity index (χ0) is 24.0. The molecule has 0 N–H and O–H groups in total. The summed E-state index contributed by atoms with van der Waals surface area (Å²) in [6, 6.07) is 11.9. The smallest absolute Gasteiger partial charge is 0.253 e. The van der Waals surface area contributed by atoms with Gasteiger partial charge >= 0.3 is 0 Å². The number of carbonyl (C=O) groups is 2. The summed E-state index contributed by atoms with van der Waals surface area (Å²) < 4.78 is 8.54. The topological polar surface area (TPSA) is 67.7 Å². The first kappa shape index (κ1) is 22.2. The molecule has 1 aromatic heterocycles. The van der Waals surface area contributed by atoms with Gasteiger partial charge in [0.1, 0.15) is 11.5 Å². The summed E-state index contributed by atoms with van der Waals surface area (Å²) in [6.07, 6.45) is 7.98. The molecule has 0 unspecified atom stereocenters. The number of rotatable bonds is 5. The zero-order valence-electron chi connectivity index (χ0n) is 20.1. The normalized spacial score (nSPS) is 17.3. The first-order valence-corrected chi connectivity index (χ1v) is 11.8. The first-order chi connectivity index (χ1) is 16.3. The number of nitrogens with zero attached hydrogens (tertiary/aromatic N) is 4. The lowest BCUT2D eigenvalue weighted by molar-refractivity contribution is -0.117. The summed E-state index contributed by atoms with van der Waals surface area (Å²) in [5, 5.41) is 4.57. The second-order valence-electron chi connectivity index (χ2n) is 9.48. The first-order valence-electron chi connectivity index (χ1n) is 11.8. The van der Waals surface area contributed by atoms with Crippen molar-refractivity contribution in [1.82, 2.24) is 14.7 Å². The summed E-state index contributed by atoms with van der Waals surface area (Å²) in [4.78, 5) is 28.2. The molecule has 1 atom stereocenters. The number of benzene rings is 2. The molecule has 2 aliphatic rings. The van der Waals surface area contributed by atoms with Crippen LogP contribution < -0.4 is 9.64 Å². The van der Waals surface area contributed by atoms with Crippen molar-refractivity contribution in [3.8, 4) is 22.6 Å². The Morgan fingerprint density at radius 2 is 1.79 bits per heavy atom. The van der Waals surface area contributed by atoms with Gasteiger partial charge in [0.05, 0.1) is 17.9 Å². The van der Waals surface area contributed by atoms with Crippen LogP contribution in [0.4, 0.5) is 5.69 Å². The Labute approximate surface area is 199 Å². The highest BCUT2D eigenvalue weighted by atomic mass is 16.5. The van der Waals surface area contributed by atoms with Crippen molar-refractivity contribution in [3.63, 3.8) is 0 Å². The fraction of sp³-hybridized carbons (Fsp3) is 0.370. The average Bonchev–Trinajstić information content (AvgIpc) is 3.55. The summed E-state index contributed by atoms with van der Waals surface area (Å²) in [5.74, 6) is 1.37. The number of amides is 2. The second-order valence-corrected chi connectivity index (χ2v) is 9.48. The minimum atomic E-state index is -0.0529. The molecule has 2 amide bonds. The number of hydrogen-bond donors (Lipinski definition) is 0. The maximum atomic E-state index is 12.5. The highest BCUT2D eigenvalue weighted by Crippen LogP contribution is 2.45. The van der Waals surface area contributed by atoms with Crippen LogP contribution in [0.3, 0.4) is 0 Å². The number of aromatic nitrogens is 2. The lowest BCUT2D eigenvalue weighted by Gasteiger charge is -2.36. The molecule has 1 saturated carbocycles. The fourth-order valence-corrected chi connectivity index (χ4v) is 4.69. The van der Waals surface area contributed by atoms with Gasteiger partial charge in [0.2, 0.25) is 5.91 Å². The van der Waals surface area contributed by atoms with E-state index >= 15 is 0 Å². The third-order valence-corrected chi connectivity index (χ3v) is 6.65. The van der Waals surface area contributed by atoms with Gasteiger partial charge in [-0.05, 0) is 69.0 Å². The monoisotopic (exact) mass is 458 g/mol. The Morgan fingerprint density at radius 3 is 2.44 bits per heavy atom. The van der Waals surface area contributed by atoms with Crippen molar-refractivity contribution in [2.24, 2.45) is 0 Å². The highest BCUT2D eigenvalue weighted by Gasteiger charge is 2.31. The van der Waals surface area contributed by atoms with Crippen LogP contribution >= 0.6 is 0 Å². The molecule has 0 bridgehead atoms. The largest absolute Gasteiger partial charge is 0.456 e. The van der Waals surface area contributed by atoms with Crippen molar-refractivity contribution in [3.05, 3.63) is 59.9 Å². The van der Waals surface area contributed by atoms with Crippen LogP contribution in [0, 0.1) is 0 Å². The van der Waals surface area contributed by atoms with Gasteiger partial charge in [0.25, 0.3) is 5.91 Å². The second kappa shape index (κ2) is 8.63. The third kappa shape index (κ3) is 4.06. The summed E-state index contributed by atoms with van der Waals surface area (Å²) >= 11 is 0. The van der Waals surface area contributed by atoms with Gasteiger partial charge in [0.15, 0.2) is 0 Å². The van der Waals surface area contributed by atoms with Gasteiger partial charge < -0.3 is 14.5 Å². The van der Waals surface area contributed by atoms with Gasteiger partial charge in [-0.15, -0.1) is 0 Å². The average molecular weight is 459 g/mol. The SMILES string of the molecule is CC(=O)N1c2ccc(-c3cnn(C4CC4)c3)c(Oc3ccc(C(=O)N(C)C)cc3)c2CC[C@@H]1C. The number of fused-ring (bicyclic) bond motifs is 1. The predicted molar refractivity (Wildman–Crippen MR) is 131 cm³/mol. The van der Waals surface area contributed by atoms with Crippen LogP contribution in [0.25, 0.3) is 11.1 Å². The highest BCUT2D eigenvalue weighted by molar-refractivity contribution is 5.95. The van der Waals surface area contributed by atoms with Crippen molar-refractivity contribution in [2.45, 2.75) is 51.6 Å². The molecule has 0 saturated heterocycles. The van der Waals surface area contributed by atoms with E-state index in [4.69, 9.17) is 4.74 Å². The fourth-order valence-electron chi connectivity index (χ4n) is 4.69. The lowest BCUT2D eigenvalue weighted by atomic mass is 9.92. The molecule has 34 heavy (non-hydrogen) atoms. The third-order valence-electron chi connectivity index (χ3n) is 6.65. The Hall–Kier alpha value is -3.61. The van der Waals surface area contributed by atoms with Crippen LogP contribution in [-0.4, -0.2) is 46.6 Å². The molecule has 176 valence electrons. The number of carbonyl (C=O) groups excluding carboxylic acids is 2. The summed E-state index contributed by atoms with van der Waals surface area (Å²) in [5.41, 5.74) is 4.49. The maximum absolute atomic E-state index is 12.5. The number of anilines is 1. The zero-order valence-corrected chi connectivity index (χ0v) is 20.1. The minimum absolute atomic E-state index is 0.0280. The van der Waals surface area contributed by atoms with E-state index < -0.39 is 0 Å². The molecule has 0 spiro atoms. The van der Waals surface area contributed by atoms with Crippen LogP contribution in [0.1, 0.15) is 55.1 Å². The minimum Gasteiger partial charge on any atom is -0.456 e. The van der Waals surface area contributed by atoms with E-state index in [1.165, 1.54) is 0 Å². The molecule has 7 heteroatoms. The molecule has 7 nitrogen and oxygen atoms in total. The molecule has 1 aliphatic heterocycles. The van der Waals surface area contributed by atoms with Crippen LogP contribution in [-0.2, 0) is 11.2 Å². The molecule has 0 radical (unpaired) electrons. The molecular formula is C27H30N4O3. The quantitative estimate of drug-likeness (QED) is 0.536. The molecule has 1 fully saturated rings. The van der Waals surface area contributed by atoms with Crippen LogP contribution in [0.2, 0.25) is 0 Å². The molecule has 2 heterocycles. The standard InChI is InChI=1S/C27H30N4O3/c1-17-5-12-24-25(31(17)18(2)32)14-13-23(20-15-28-30(16-20)21-8-9-21)26(24)34-22-10-6-19(7-11-22)27(33)29(3)4/h6-7,10-11,13-17,21H,5,8-9,12H2,1-4H3/t17-/m0/s1. The molecule has 2 aromatic carbocycles. The van der Waals surface area contributed by atoms with Crippen molar-refractivity contribution in [1.29, 1.82) is 0 Å². The van der Waals surface area contributed by atoms with E-state index in [-0.39, 0.29) is 17.9 Å². The van der Waals surface area contributed by atoms with E-state index in [9.17, 15) is 9.59 Å². The lowest BCUT2D eigenvalue weighted by Crippen LogP contribution is -2.40. The van der Waals surface area contributed by atoms with Crippen molar-refractivity contribution in [2.75, 3.05) is 19.0 Å². The molecular weight excluding hydrogens is 428 g/mol. The van der Waals surface area contributed by atoms with Gasteiger partial charge in [-0.25, -0.2) is 0 Å². The van der Waals surface area contributed by atoms with Crippen molar-refractivity contribution < 1.29 is 14.3 Å². The Morgan fingerprint density at radius 1 is 1.06 bits per heavy atom. The van der Waals surface area contributed by atoms with Gasteiger partial charge in [-0.2, -0.15) is 5.10 Å². The molecule has 3 aromatic rings.